The Hall–Kier alpha value is -1.21. The summed E-state index contributed by atoms with van der Waals surface area (Å²) in [6, 6.07) is 5.69. The summed E-state index contributed by atoms with van der Waals surface area (Å²) in [5.41, 5.74) is 7.12. The van der Waals surface area contributed by atoms with Crippen LogP contribution in [-0.2, 0) is 11.2 Å². The van der Waals surface area contributed by atoms with Gasteiger partial charge in [-0.1, -0.05) is 13.0 Å². The van der Waals surface area contributed by atoms with Crippen molar-refractivity contribution in [1.82, 2.24) is 15.3 Å². The summed E-state index contributed by atoms with van der Waals surface area (Å²) in [4.78, 5) is 20.5. The van der Waals surface area contributed by atoms with Gasteiger partial charge in [0, 0.05) is 18.1 Å². The third-order valence-electron chi connectivity index (χ3n) is 2.83. The number of halogens is 2. The zero-order valence-corrected chi connectivity index (χ0v) is 14.6. The zero-order chi connectivity index (χ0) is 14.4. The van der Waals surface area contributed by atoms with Crippen molar-refractivity contribution in [3.63, 3.8) is 0 Å². The van der Waals surface area contributed by atoms with Crippen LogP contribution in [-0.4, -0.2) is 29.0 Å². The van der Waals surface area contributed by atoms with Crippen LogP contribution < -0.4 is 11.1 Å². The molecule has 3 N–H and O–H groups in total. The lowest BCUT2D eigenvalue weighted by Gasteiger charge is -2.09. The molecule has 0 aliphatic heterocycles. The molecular weight excluding hydrogens is 343 g/mol. The molecule has 5 nitrogen and oxygen atoms in total. The van der Waals surface area contributed by atoms with E-state index in [9.17, 15) is 4.79 Å². The van der Waals surface area contributed by atoms with Gasteiger partial charge >= 0.3 is 0 Å². The maximum Gasteiger partial charge on any atom is 0.226 e. The maximum atomic E-state index is 11.8. The number of pyridine rings is 1. The number of hydrogen-bond acceptors (Lipinski definition) is 5. The van der Waals surface area contributed by atoms with Crippen molar-refractivity contribution in [2.75, 3.05) is 13.1 Å². The third-order valence-corrected chi connectivity index (χ3v) is 3.74. The fourth-order valence-electron chi connectivity index (χ4n) is 1.59. The Balaban J connectivity index is 0.00000220. The molecule has 0 saturated heterocycles. The predicted octanol–water partition coefficient (Wildman–Crippen LogP) is 2.30. The average Bonchev–Trinajstić information content (AvgIpc) is 2.94. The van der Waals surface area contributed by atoms with Gasteiger partial charge in [0.25, 0.3) is 0 Å². The monoisotopic (exact) mass is 362 g/mol. The number of carbonyl (C=O) groups is 1. The summed E-state index contributed by atoms with van der Waals surface area (Å²) in [6.07, 6.45) is 2.03. The second-order valence-corrected chi connectivity index (χ2v) is 5.54. The largest absolute Gasteiger partial charge is 0.355 e. The van der Waals surface area contributed by atoms with Gasteiger partial charge in [-0.05, 0) is 24.6 Å². The Kier molecular flexibility index (Phi) is 9.93. The molecule has 2 aromatic rings. The van der Waals surface area contributed by atoms with Gasteiger partial charge in [0.2, 0.25) is 5.91 Å². The van der Waals surface area contributed by atoms with E-state index >= 15 is 0 Å². The fraction of sp³-hybridized carbons (Fsp3) is 0.357. The van der Waals surface area contributed by atoms with Gasteiger partial charge in [0.15, 0.2) is 0 Å². The Morgan fingerprint density at radius 2 is 2.18 bits per heavy atom. The van der Waals surface area contributed by atoms with Crippen LogP contribution in [0, 0.1) is 5.92 Å². The van der Waals surface area contributed by atoms with Gasteiger partial charge < -0.3 is 11.1 Å². The quantitative estimate of drug-likeness (QED) is 0.825. The van der Waals surface area contributed by atoms with Crippen molar-refractivity contribution in [2.45, 2.75) is 13.3 Å². The van der Waals surface area contributed by atoms with E-state index in [2.05, 4.69) is 15.3 Å². The third kappa shape index (κ3) is 6.27. The number of nitrogens with two attached hydrogens (primary N) is 1. The first kappa shape index (κ1) is 20.8. The summed E-state index contributed by atoms with van der Waals surface area (Å²) in [6.45, 7) is 3.18. The highest BCUT2D eigenvalue weighted by atomic mass is 35.5. The van der Waals surface area contributed by atoms with Crippen LogP contribution in [0.2, 0.25) is 0 Å². The lowest BCUT2D eigenvalue weighted by molar-refractivity contribution is -0.120. The molecule has 2 heterocycles. The molecule has 1 unspecified atom stereocenters. The van der Waals surface area contributed by atoms with Gasteiger partial charge in [-0.25, -0.2) is 4.98 Å². The molecule has 0 aliphatic rings. The normalized spacial score (nSPS) is 11.0. The van der Waals surface area contributed by atoms with Crippen molar-refractivity contribution < 1.29 is 4.79 Å². The molecule has 0 spiro atoms. The van der Waals surface area contributed by atoms with Crippen molar-refractivity contribution in [3.05, 3.63) is 35.5 Å². The van der Waals surface area contributed by atoms with E-state index < -0.39 is 0 Å². The van der Waals surface area contributed by atoms with Gasteiger partial charge in [0.1, 0.15) is 5.01 Å². The molecule has 2 rings (SSSR count). The number of thiazole rings is 1. The fourth-order valence-corrected chi connectivity index (χ4v) is 2.39. The van der Waals surface area contributed by atoms with Crippen LogP contribution in [0.1, 0.15) is 12.6 Å². The van der Waals surface area contributed by atoms with Crippen LogP contribution in [0.15, 0.2) is 29.8 Å². The molecule has 1 amide bonds. The van der Waals surface area contributed by atoms with E-state index in [1.54, 1.807) is 6.20 Å². The lowest BCUT2D eigenvalue weighted by atomic mass is 10.2. The molecular formula is C14H20Cl2N4OS. The topological polar surface area (TPSA) is 80.9 Å². The summed E-state index contributed by atoms with van der Waals surface area (Å²) in [5.74, 6) is 0.265. The molecule has 22 heavy (non-hydrogen) atoms. The van der Waals surface area contributed by atoms with Crippen molar-refractivity contribution >= 4 is 42.1 Å². The summed E-state index contributed by atoms with van der Waals surface area (Å²) in [7, 11) is 0. The van der Waals surface area contributed by atoms with Gasteiger partial charge in [-0.3, -0.25) is 9.78 Å². The first-order valence-corrected chi connectivity index (χ1v) is 7.39. The van der Waals surface area contributed by atoms with Crippen molar-refractivity contribution in [3.8, 4) is 10.7 Å². The van der Waals surface area contributed by atoms with E-state index in [1.807, 2.05) is 30.5 Å². The Labute approximate surface area is 146 Å². The second-order valence-electron chi connectivity index (χ2n) is 4.68. The van der Waals surface area contributed by atoms with Crippen LogP contribution in [0.4, 0.5) is 0 Å². The summed E-state index contributed by atoms with van der Waals surface area (Å²) in [5, 5.41) is 5.60. The number of amides is 1. The van der Waals surface area contributed by atoms with Gasteiger partial charge in [0.05, 0.1) is 17.8 Å². The van der Waals surface area contributed by atoms with Crippen LogP contribution in [0.25, 0.3) is 10.7 Å². The SMILES string of the molecule is CC(CN)CNC(=O)Cc1csc(-c2ccccn2)n1.Cl.Cl. The van der Waals surface area contributed by atoms with Gasteiger partial charge in [-0.15, -0.1) is 36.2 Å². The van der Waals surface area contributed by atoms with E-state index in [0.717, 1.165) is 16.4 Å². The molecule has 0 aliphatic carbocycles. The lowest BCUT2D eigenvalue weighted by Crippen LogP contribution is -2.32. The minimum Gasteiger partial charge on any atom is -0.355 e. The first-order chi connectivity index (χ1) is 9.69. The van der Waals surface area contributed by atoms with E-state index in [-0.39, 0.29) is 30.7 Å². The first-order valence-electron chi connectivity index (χ1n) is 6.51. The van der Waals surface area contributed by atoms with Crippen LogP contribution >= 0.6 is 36.2 Å². The Morgan fingerprint density at radius 1 is 1.41 bits per heavy atom. The molecule has 8 heteroatoms. The number of aromatic nitrogens is 2. The number of hydrogen-bond donors (Lipinski definition) is 2. The average molecular weight is 363 g/mol. The Bertz CT molecular complexity index is 565. The molecule has 122 valence electrons. The number of nitrogens with one attached hydrogen (secondary N) is 1. The number of rotatable bonds is 6. The second kappa shape index (κ2) is 10.5. The van der Waals surface area contributed by atoms with Crippen molar-refractivity contribution in [2.24, 2.45) is 11.7 Å². The smallest absolute Gasteiger partial charge is 0.226 e. The number of carbonyl (C=O) groups excluding carboxylic acids is 1. The minimum absolute atomic E-state index is 0. The highest BCUT2D eigenvalue weighted by Gasteiger charge is 2.10. The minimum atomic E-state index is -0.0248. The predicted molar refractivity (Wildman–Crippen MR) is 94.8 cm³/mol. The molecule has 0 bridgehead atoms. The highest BCUT2D eigenvalue weighted by Crippen LogP contribution is 2.21. The van der Waals surface area contributed by atoms with E-state index in [1.165, 1.54) is 11.3 Å². The summed E-state index contributed by atoms with van der Waals surface area (Å²) < 4.78 is 0. The van der Waals surface area contributed by atoms with E-state index in [0.29, 0.717) is 25.4 Å². The molecule has 0 fully saturated rings. The molecule has 2 aromatic heterocycles. The molecule has 0 aromatic carbocycles. The maximum absolute atomic E-state index is 11.8. The number of nitrogens with zero attached hydrogens (tertiary/aromatic N) is 2. The van der Waals surface area contributed by atoms with Crippen LogP contribution in [0.5, 0.6) is 0 Å². The van der Waals surface area contributed by atoms with Crippen LogP contribution in [0.3, 0.4) is 0 Å². The molecule has 1 atom stereocenters. The standard InChI is InChI=1S/C14H18N4OS.2ClH/c1-10(7-15)8-17-13(19)6-11-9-20-14(18-11)12-4-2-3-5-16-12;;/h2-5,9-10H,6-8,15H2,1H3,(H,17,19);2*1H. The summed E-state index contributed by atoms with van der Waals surface area (Å²) >= 11 is 1.50. The Morgan fingerprint density at radius 3 is 2.82 bits per heavy atom. The zero-order valence-electron chi connectivity index (χ0n) is 12.2. The highest BCUT2D eigenvalue weighted by molar-refractivity contribution is 7.13. The van der Waals surface area contributed by atoms with Gasteiger partial charge in [-0.2, -0.15) is 0 Å². The molecule has 0 saturated carbocycles. The van der Waals surface area contributed by atoms with Crippen molar-refractivity contribution in [1.29, 1.82) is 0 Å². The van der Waals surface area contributed by atoms with E-state index in [4.69, 9.17) is 5.73 Å². The molecule has 0 radical (unpaired) electrons.